The van der Waals surface area contributed by atoms with E-state index in [-0.39, 0.29) is 5.41 Å². The minimum absolute atomic E-state index is 0.125. The molecular formula is C14H24N2OS. The summed E-state index contributed by atoms with van der Waals surface area (Å²) in [6, 6.07) is 0. The molecule has 0 aromatic carbocycles. The normalized spacial score (nSPS) is 19.1. The van der Waals surface area contributed by atoms with Crippen molar-refractivity contribution in [2.45, 2.75) is 52.5 Å². The SMILES string of the molecule is Cc1nc(CNCC2(CO)CCCCC2)sc1C. The molecule has 0 atom stereocenters. The summed E-state index contributed by atoms with van der Waals surface area (Å²) in [6.45, 7) is 6.25. The molecule has 2 rings (SSSR count). The van der Waals surface area contributed by atoms with Crippen molar-refractivity contribution in [2.24, 2.45) is 5.41 Å². The number of hydrogen-bond acceptors (Lipinski definition) is 4. The molecule has 0 unspecified atom stereocenters. The van der Waals surface area contributed by atoms with Gasteiger partial charge in [0.2, 0.25) is 0 Å². The summed E-state index contributed by atoms with van der Waals surface area (Å²) in [4.78, 5) is 5.84. The summed E-state index contributed by atoms with van der Waals surface area (Å²) in [5, 5.41) is 14.3. The molecule has 0 bridgehead atoms. The van der Waals surface area contributed by atoms with Crippen molar-refractivity contribution in [1.29, 1.82) is 0 Å². The van der Waals surface area contributed by atoms with Crippen LogP contribution >= 0.6 is 11.3 Å². The molecule has 1 aliphatic carbocycles. The zero-order valence-corrected chi connectivity index (χ0v) is 12.3. The smallest absolute Gasteiger partial charge is 0.107 e. The first-order chi connectivity index (χ1) is 8.65. The maximum Gasteiger partial charge on any atom is 0.107 e. The molecule has 1 aliphatic rings. The number of nitrogens with zero attached hydrogens (tertiary/aromatic N) is 1. The highest BCUT2D eigenvalue weighted by Crippen LogP contribution is 2.35. The summed E-state index contributed by atoms with van der Waals surface area (Å²) in [7, 11) is 0. The second-order valence-electron chi connectivity index (χ2n) is 5.57. The summed E-state index contributed by atoms with van der Waals surface area (Å²) in [5.41, 5.74) is 1.27. The number of aliphatic hydroxyl groups is 1. The number of aryl methyl sites for hydroxylation is 2. The van der Waals surface area contributed by atoms with E-state index in [2.05, 4.69) is 24.1 Å². The molecular weight excluding hydrogens is 244 g/mol. The third kappa shape index (κ3) is 3.31. The Hall–Kier alpha value is -0.450. The van der Waals surface area contributed by atoms with Gasteiger partial charge in [0, 0.05) is 30.0 Å². The molecule has 2 N–H and O–H groups in total. The molecule has 1 aromatic rings. The van der Waals surface area contributed by atoms with E-state index in [4.69, 9.17) is 0 Å². The Bertz CT molecular complexity index is 364. The fourth-order valence-corrected chi connectivity index (χ4v) is 3.65. The van der Waals surface area contributed by atoms with Gasteiger partial charge in [-0.2, -0.15) is 0 Å². The zero-order valence-electron chi connectivity index (χ0n) is 11.5. The molecule has 0 amide bonds. The summed E-state index contributed by atoms with van der Waals surface area (Å²) in [5.74, 6) is 0. The van der Waals surface area contributed by atoms with E-state index in [9.17, 15) is 5.11 Å². The fourth-order valence-electron chi connectivity index (χ4n) is 2.74. The van der Waals surface area contributed by atoms with Crippen LogP contribution < -0.4 is 5.32 Å². The van der Waals surface area contributed by atoms with Crippen molar-refractivity contribution in [3.8, 4) is 0 Å². The van der Waals surface area contributed by atoms with Crippen LogP contribution in [0.1, 0.15) is 47.7 Å². The summed E-state index contributed by atoms with van der Waals surface area (Å²) < 4.78 is 0. The van der Waals surface area contributed by atoms with Gasteiger partial charge in [0.15, 0.2) is 0 Å². The first-order valence-electron chi connectivity index (χ1n) is 6.90. The molecule has 102 valence electrons. The van der Waals surface area contributed by atoms with Gasteiger partial charge in [-0.1, -0.05) is 19.3 Å². The van der Waals surface area contributed by atoms with Crippen LogP contribution in [0.2, 0.25) is 0 Å². The van der Waals surface area contributed by atoms with Gasteiger partial charge in [-0.05, 0) is 26.7 Å². The second kappa shape index (κ2) is 6.13. The molecule has 0 aliphatic heterocycles. The maximum atomic E-state index is 9.63. The predicted octanol–water partition coefficient (Wildman–Crippen LogP) is 2.79. The van der Waals surface area contributed by atoms with Gasteiger partial charge in [0.05, 0.1) is 5.69 Å². The molecule has 1 fully saturated rings. The standard InChI is InChI=1S/C14H24N2OS/c1-11-12(2)18-13(16-11)8-15-9-14(10-17)6-4-3-5-7-14/h15,17H,3-10H2,1-2H3. The molecule has 1 aromatic heterocycles. The van der Waals surface area contributed by atoms with Crippen molar-refractivity contribution < 1.29 is 5.11 Å². The number of hydrogen-bond donors (Lipinski definition) is 2. The molecule has 0 spiro atoms. The molecule has 0 radical (unpaired) electrons. The highest BCUT2D eigenvalue weighted by molar-refractivity contribution is 7.11. The molecule has 4 heteroatoms. The Morgan fingerprint density at radius 2 is 2.00 bits per heavy atom. The van der Waals surface area contributed by atoms with Crippen molar-refractivity contribution in [1.82, 2.24) is 10.3 Å². The predicted molar refractivity (Wildman–Crippen MR) is 75.9 cm³/mol. The van der Waals surface area contributed by atoms with Gasteiger partial charge in [0.1, 0.15) is 5.01 Å². The van der Waals surface area contributed by atoms with Gasteiger partial charge in [-0.15, -0.1) is 11.3 Å². The lowest BCUT2D eigenvalue weighted by atomic mass is 9.74. The Labute approximate surface area is 114 Å². The van der Waals surface area contributed by atoms with Crippen LogP contribution in [0.25, 0.3) is 0 Å². The highest BCUT2D eigenvalue weighted by atomic mass is 32.1. The largest absolute Gasteiger partial charge is 0.396 e. The Morgan fingerprint density at radius 3 is 2.56 bits per heavy atom. The van der Waals surface area contributed by atoms with Gasteiger partial charge >= 0.3 is 0 Å². The quantitative estimate of drug-likeness (QED) is 0.863. The van der Waals surface area contributed by atoms with Crippen molar-refractivity contribution in [3.63, 3.8) is 0 Å². The van der Waals surface area contributed by atoms with Crippen LogP contribution in [0.15, 0.2) is 0 Å². The van der Waals surface area contributed by atoms with Gasteiger partial charge in [-0.3, -0.25) is 0 Å². The van der Waals surface area contributed by atoms with E-state index < -0.39 is 0 Å². The summed E-state index contributed by atoms with van der Waals surface area (Å²) in [6.07, 6.45) is 6.17. The average Bonchev–Trinajstić information content (AvgIpc) is 2.70. The first kappa shape index (κ1) is 14.0. The lowest BCUT2D eigenvalue weighted by Gasteiger charge is -2.35. The Kier molecular flexibility index (Phi) is 4.76. The highest BCUT2D eigenvalue weighted by Gasteiger charge is 2.30. The third-order valence-electron chi connectivity index (χ3n) is 4.10. The van der Waals surface area contributed by atoms with Crippen molar-refractivity contribution >= 4 is 11.3 Å². The van der Waals surface area contributed by atoms with Crippen molar-refractivity contribution in [3.05, 3.63) is 15.6 Å². The van der Waals surface area contributed by atoms with Crippen LogP contribution in [0.4, 0.5) is 0 Å². The monoisotopic (exact) mass is 268 g/mol. The molecule has 1 saturated carbocycles. The first-order valence-corrected chi connectivity index (χ1v) is 7.71. The van der Waals surface area contributed by atoms with Crippen LogP contribution in [0.3, 0.4) is 0 Å². The van der Waals surface area contributed by atoms with E-state index in [0.717, 1.165) is 36.6 Å². The fraction of sp³-hybridized carbons (Fsp3) is 0.786. The lowest BCUT2D eigenvalue weighted by Crippen LogP contribution is -2.38. The molecule has 1 heterocycles. The average molecular weight is 268 g/mol. The summed E-state index contributed by atoms with van der Waals surface area (Å²) >= 11 is 1.77. The molecule has 18 heavy (non-hydrogen) atoms. The second-order valence-corrected chi connectivity index (χ2v) is 6.86. The number of rotatable bonds is 5. The van der Waals surface area contributed by atoms with Gasteiger partial charge < -0.3 is 10.4 Å². The van der Waals surface area contributed by atoms with E-state index in [1.807, 2.05) is 0 Å². The van der Waals surface area contributed by atoms with E-state index in [1.165, 1.54) is 24.1 Å². The maximum absolute atomic E-state index is 9.63. The van der Waals surface area contributed by atoms with Gasteiger partial charge in [0.25, 0.3) is 0 Å². The molecule has 3 nitrogen and oxygen atoms in total. The Balaban J connectivity index is 1.83. The number of aliphatic hydroxyl groups excluding tert-OH is 1. The lowest BCUT2D eigenvalue weighted by molar-refractivity contribution is 0.0810. The molecule has 0 saturated heterocycles. The zero-order chi connectivity index (χ0) is 13.0. The van der Waals surface area contributed by atoms with E-state index in [0.29, 0.717) is 6.61 Å². The van der Waals surface area contributed by atoms with Crippen molar-refractivity contribution in [2.75, 3.05) is 13.2 Å². The van der Waals surface area contributed by atoms with E-state index in [1.54, 1.807) is 11.3 Å². The Morgan fingerprint density at radius 1 is 1.28 bits per heavy atom. The number of aromatic nitrogens is 1. The minimum Gasteiger partial charge on any atom is -0.396 e. The van der Waals surface area contributed by atoms with E-state index >= 15 is 0 Å². The van der Waals surface area contributed by atoms with Crippen LogP contribution in [-0.2, 0) is 6.54 Å². The topological polar surface area (TPSA) is 45.2 Å². The number of thiazole rings is 1. The van der Waals surface area contributed by atoms with Crippen LogP contribution in [0, 0.1) is 19.3 Å². The minimum atomic E-state index is 0.125. The van der Waals surface area contributed by atoms with Crippen LogP contribution in [-0.4, -0.2) is 23.2 Å². The van der Waals surface area contributed by atoms with Crippen LogP contribution in [0.5, 0.6) is 0 Å². The third-order valence-corrected chi connectivity index (χ3v) is 5.17. The van der Waals surface area contributed by atoms with Gasteiger partial charge in [-0.25, -0.2) is 4.98 Å². The number of nitrogens with one attached hydrogen (secondary N) is 1.